The predicted octanol–water partition coefficient (Wildman–Crippen LogP) is 5.23. The zero-order valence-electron chi connectivity index (χ0n) is 11.5. The predicted molar refractivity (Wildman–Crippen MR) is 83.1 cm³/mol. The van der Waals surface area contributed by atoms with Gasteiger partial charge in [0.2, 0.25) is 0 Å². The molecule has 0 fully saturated rings. The second kappa shape index (κ2) is 6.82. The molecule has 0 aromatic rings. The topological polar surface area (TPSA) is 0 Å². The van der Waals surface area contributed by atoms with Crippen LogP contribution in [0.3, 0.4) is 0 Å². The molecular weight excluding hydrogens is 215 g/mol. The van der Waals surface area contributed by atoms with Crippen LogP contribution in [0.1, 0.15) is 38.5 Å². The highest BCUT2D eigenvalue weighted by atomic mass is 14.2. The molecule has 0 nitrogen and oxygen atoms in total. The van der Waals surface area contributed by atoms with Crippen molar-refractivity contribution in [2.75, 3.05) is 0 Å². The fourth-order valence-corrected chi connectivity index (χ4v) is 3.40. The molecule has 0 amide bonds. The van der Waals surface area contributed by atoms with Crippen molar-refractivity contribution < 1.29 is 0 Å². The van der Waals surface area contributed by atoms with E-state index in [0.717, 1.165) is 18.7 Å². The molecule has 1 unspecified atom stereocenters. The van der Waals surface area contributed by atoms with Crippen LogP contribution in [0, 0.1) is 5.92 Å². The Kier molecular flexibility index (Phi) is 5.10. The van der Waals surface area contributed by atoms with E-state index < -0.39 is 0 Å². The Morgan fingerprint density at radius 3 is 2.78 bits per heavy atom. The molecule has 0 bridgehead atoms. The first-order chi connectivity index (χ1) is 8.83. The fourth-order valence-electron chi connectivity index (χ4n) is 3.40. The zero-order valence-corrected chi connectivity index (χ0v) is 11.5. The molecule has 1 aliphatic heterocycles. The van der Waals surface area contributed by atoms with E-state index in [2.05, 4.69) is 37.4 Å². The second-order valence-corrected chi connectivity index (χ2v) is 5.78. The highest BCUT2D eigenvalue weighted by Gasteiger charge is 2.25. The molecule has 1 heteroatoms. The van der Waals surface area contributed by atoms with Gasteiger partial charge in [0.05, 0.1) is 0 Å². The third-order valence-electron chi connectivity index (χ3n) is 4.25. The highest BCUT2D eigenvalue weighted by molar-refractivity contribution is 6.65. The summed E-state index contributed by atoms with van der Waals surface area (Å²) in [6, 6.07) is 0. The summed E-state index contributed by atoms with van der Waals surface area (Å²) in [6.07, 6.45) is 16.9. The summed E-state index contributed by atoms with van der Waals surface area (Å²) in [5.41, 5.74) is 3.28. The van der Waals surface area contributed by atoms with Crippen LogP contribution in [0.25, 0.3) is 0 Å². The maximum Gasteiger partial charge on any atom is 0.170 e. The van der Waals surface area contributed by atoms with Gasteiger partial charge in [-0.05, 0) is 50.0 Å². The molecule has 2 aliphatic rings. The maximum absolute atomic E-state index is 3.91. The summed E-state index contributed by atoms with van der Waals surface area (Å²) >= 11 is 0. The molecule has 0 radical (unpaired) electrons. The van der Waals surface area contributed by atoms with Crippen molar-refractivity contribution in [3.05, 3.63) is 48.5 Å². The summed E-state index contributed by atoms with van der Waals surface area (Å²) in [5, 5.41) is 0. The average molecular weight is 240 g/mol. The van der Waals surface area contributed by atoms with E-state index in [1.165, 1.54) is 38.4 Å². The Hall–Kier alpha value is -0.975. The van der Waals surface area contributed by atoms with E-state index in [9.17, 15) is 0 Å². The van der Waals surface area contributed by atoms with E-state index in [4.69, 9.17) is 0 Å². The fraction of sp³-hybridized carbons (Fsp3) is 0.529. The summed E-state index contributed by atoms with van der Waals surface area (Å²) < 4.78 is 0. The van der Waals surface area contributed by atoms with Gasteiger partial charge in [0.25, 0.3) is 0 Å². The third kappa shape index (κ3) is 3.51. The van der Waals surface area contributed by atoms with Crippen LogP contribution in [0.5, 0.6) is 0 Å². The minimum atomic E-state index is 0.707. The van der Waals surface area contributed by atoms with E-state index in [0.29, 0.717) is 6.71 Å². The van der Waals surface area contributed by atoms with Crippen LogP contribution in [0.15, 0.2) is 48.5 Å². The van der Waals surface area contributed by atoms with Crippen LogP contribution in [0.4, 0.5) is 0 Å². The van der Waals surface area contributed by atoms with Crippen LogP contribution >= 0.6 is 0 Å². The molecule has 96 valence electrons. The van der Waals surface area contributed by atoms with Crippen molar-refractivity contribution in [1.82, 2.24) is 0 Å². The molecule has 0 aromatic carbocycles. The smallest absolute Gasteiger partial charge is 0.111 e. The third-order valence-corrected chi connectivity index (χ3v) is 4.25. The Labute approximate surface area is 113 Å². The van der Waals surface area contributed by atoms with Gasteiger partial charge in [-0.3, -0.25) is 0 Å². The molecule has 1 atom stereocenters. The van der Waals surface area contributed by atoms with Gasteiger partial charge in [0, 0.05) is 0 Å². The van der Waals surface area contributed by atoms with E-state index in [-0.39, 0.29) is 0 Å². The Morgan fingerprint density at radius 1 is 1.22 bits per heavy atom. The molecule has 0 saturated heterocycles. The van der Waals surface area contributed by atoms with E-state index in [1.54, 1.807) is 11.1 Å². The number of allylic oxidation sites excluding steroid dienone is 5. The van der Waals surface area contributed by atoms with Crippen LogP contribution in [-0.2, 0) is 0 Å². The van der Waals surface area contributed by atoms with Gasteiger partial charge < -0.3 is 0 Å². The van der Waals surface area contributed by atoms with Crippen LogP contribution in [-0.4, -0.2) is 6.71 Å². The number of rotatable bonds is 5. The molecule has 18 heavy (non-hydrogen) atoms. The molecule has 0 aromatic heterocycles. The minimum absolute atomic E-state index is 0.707. The lowest BCUT2D eigenvalue weighted by Gasteiger charge is -2.28. The second-order valence-electron chi connectivity index (χ2n) is 5.78. The lowest BCUT2D eigenvalue weighted by atomic mass is 9.39. The van der Waals surface area contributed by atoms with Crippen molar-refractivity contribution in [2.24, 2.45) is 5.92 Å². The molecule has 2 rings (SSSR count). The highest BCUT2D eigenvalue weighted by Crippen LogP contribution is 2.35. The van der Waals surface area contributed by atoms with Gasteiger partial charge in [-0.1, -0.05) is 36.4 Å². The van der Waals surface area contributed by atoms with Gasteiger partial charge in [-0.2, -0.15) is 0 Å². The minimum Gasteiger partial charge on any atom is -0.111 e. The molecule has 0 spiro atoms. The van der Waals surface area contributed by atoms with Crippen molar-refractivity contribution in [2.45, 2.75) is 51.2 Å². The van der Waals surface area contributed by atoms with Crippen LogP contribution in [0.2, 0.25) is 12.6 Å². The molecule has 0 saturated carbocycles. The largest absolute Gasteiger partial charge is 0.170 e. The number of hydrogen-bond acceptors (Lipinski definition) is 0. The summed E-state index contributed by atoms with van der Waals surface area (Å²) in [6.45, 7) is 8.52. The van der Waals surface area contributed by atoms with Crippen molar-refractivity contribution in [3.8, 4) is 0 Å². The summed E-state index contributed by atoms with van der Waals surface area (Å²) in [7, 11) is 0. The van der Waals surface area contributed by atoms with Gasteiger partial charge in [0.15, 0.2) is 6.71 Å². The molecule has 1 heterocycles. The first-order valence-corrected chi connectivity index (χ1v) is 7.45. The summed E-state index contributed by atoms with van der Waals surface area (Å²) in [5.74, 6) is 3.34. The molecule has 0 N–H and O–H groups in total. The monoisotopic (exact) mass is 240 g/mol. The van der Waals surface area contributed by atoms with Crippen molar-refractivity contribution >= 4 is 6.71 Å². The average Bonchev–Trinajstić information content (AvgIpc) is 2.40. The van der Waals surface area contributed by atoms with Crippen molar-refractivity contribution in [1.29, 1.82) is 0 Å². The first kappa shape index (κ1) is 13.5. The Morgan fingerprint density at radius 2 is 2.11 bits per heavy atom. The van der Waals surface area contributed by atoms with Gasteiger partial charge in [-0.25, -0.2) is 0 Å². The van der Waals surface area contributed by atoms with Crippen molar-refractivity contribution in [3.63, 3.8) is 0 Å². The van der Waals surface area contributed by atoms with E-state index >= 15 is 0 Å². The standard InChI is InChI=1S/C17H25B/c1-3-8-15-12-17(14-18(13-15)11-4-2)16-9-6-5-7-10-16/h3-4,9,14-15H,1-2,5-8,10-13H2. The first-order valence-electron chi connectivity index (χ1n) is 7.45. The van der Waals surface area contributed by atoms with Gasteiger partial charge >= 0.3 is 0 Å². The lowest BCUT2D eigenvalue weighted by Crippen LogP contribution is -2.21. The van der Waals surface area contributed by atoms with Gasteiger partial charge in [0.1, 0.15) is 0 Å². The SMILES string of the molecule is C=CCB1C=C(C2=CCCCC2)CC(CC=C)C1. The summed E-state index contributed by atoms with van der Waals surface area (Å²) in [4.78, 5) is 0. The molecule has 1 aliphatic carbocycles. The Bertz CT molecular complexity index is 362. The lowest BCUT2D eigenvalue weighted by molar-refractivity contribution is 0.569. The Balaban J connectivity index is 2.12. The maximum atomic E-state index is 3.91. The number of hydrogen-bond donors (Lipinski definition) is 0. The van der Waals surface area contributed by atoms with Gasteiger partial charge in [-0.15, -0.1) is 19.1 Å². The molecular formula is C17H25B. The normalized spacial score (nSPS) is 24.2. The zero-order chi connectivity index (χ0) is 12.8. The van der Waals surface area contributed by atoms with Crippen LogP contribution < -0.4 is 0 Å². The quantitative estimate of drug-likeness (QED) is 0.456. The van der Waals surface area contributed by atoms with E-state index in [1.807, 2.05) is 0 Å².